The Labute approximate surface area is 94.0 Å². The lowest BCUT2D eigenvalue weighted by molar-refractivity contribution is -0.151. The Morgan fingerprint density at radius 2 is 2.00 bits per heavy atom. The minimum atomic E-state index is -0.715. The molecule has 1 saturated carbocycles. The zero-order valence-electron chi connectivity index (χ0n) is 8.93. The van der Waals surface area contributed by atoms with Gasteiger partial charge in [0.05, 0.1) is 18.6 Å². The zero-order valence-corrected chi connectivity index (χ0v) is 8.93. The monoisotopic (exact) mass is 221 g/mol. The molecule has 1 aromatic rings. The molecule has 1 aliphatic carbocycles. The number of carboxylic acid groups (broad SMARTS) is 1. The lowest BCUT2D eigenvalue weighted by Gasteiger charge is -2.32. The molecule has 0 aromatic heterocycles. The third kappa shape index (κ3) is 2.52. The summed E-state index contributed by atoms with van der Waals surface area (Å²) >= 11 is 0. The molecule has 4 heteroatoms. The summed E-state index contributed by atoms with van der Waals surface area (Å²) in [7, 11) is 0. The average Bonchev–Trinajstić information content (AvgIpc) is 2.18. The third-order valence-electron chi connectivity index (χ3n) is 2.91. The van der Waals surface area contributed by atoms with E-state index in [-0.39, 0.29) is 12.0 Å². The first kappa shape index (κ1) is 11.0. The average molecular weight is 221 g/mol. The van der Waals surface area contributed by atoms with Gasteiger partial charge in [0.25, 0.3) is 0 Å². The molecular formula is C12H15NO3. The smallest absolute Gasteiger partial charge is 0.306 e. The lowest BCUT2D eigenvalue weighted by atomic mass is 9.82. The highest BCUT2D eigenvalue weighted by Crippen LogP contribution is 2.30. The van der Waals surface area contributed by atoms with Crippen LogP contribution in [-0.2, 0) is 16.1 Å². The number of benzene rings is 1. The summed E-state index contributed by atoms with van der Waals surface area (Å²) in [5, 5.41) is 8.70. The summed E-state index contributed by atoms with van der Waals surface area (Å²) in [4.78, 5) is 10.6. The van der Waals surface area contributed by atoms with Crippen LogP contribution in [0.3, 0.4) is 0 Å². The van der Waals surface area contributed by atoms with Crippen LogP contribution in [0.15, 0.2) is 24.3 Å². The Bertz CT molecular complexity index is 368. The molecule has 1 aliphatic rings. The second-order valence-corrected chi connectivity index (χ2v) is 4.18. The fourth-order valence-electron chi connectivity index (χ4n) is 1.73. The molecule has 0 saturated heterocycles. The molecule has 0 atom stereocenters. The second kappa shape index (κ2) is 4.53. The van der Waals surface area contributed by atoms with Crippen molar-refractivity contribution in [2.75, 3.05) is 5.73 Å². The first-order valence-electron chi connectivity index (χ1n) is 5.34. The highest BCUT2D eigenvalue weighted by Gasteiger charge is 2.34. The van der Waals surface area contributed by atoms with Gasteiger partial charge < -0.3 is 15.6 Å². The van der Waals surface area contributed by atoms with Crippen LogP contribution in [0.25, 0.3) is 0 Å². The van der Waals surface area contributed by atoms with E-state index < -0.39 is 5.97 Å². The summed E-state index contributed by atoms with van der Waals surface area (Å²) in [5.41, 5.74) is 7.36. The van der Waals surface area contributed by atoms with E-state index in [9.17, 15) is 4.79 Å². The summed E-state index contributed by atoms with van der Waals surface area (Å²) < 4.78 is 5.58. The molecule has 3 N–H and O–H groups in total. The minimum Gasteiger partial charge on any atom is -0.481 e. The number of nitrogen functional groups attached to an aromatic ring is 1. The first-order chi connectivity index (χ1) is 7.65. The fourth-order valence-corrected chi connectivity index (χ4v) is 1.73. The van der Waals surface area contributed by atoms with Gasteiger partial charge in [-0.2, -0.15) is 0 Å². The molecule has 16 heavy (non-hydrogen) atoms. The van der Waals surface area contributed by atoms with Crippen molar-refractivity contribution in [3.05, 3.63) is 29.8 Å². The van der Waals surface area contributed by atoms with Gasteiger partial charge in [0.15, 0.2) is 0 Å². The van der Waals surface area contributed by atoms with E-state index >= 15 is 0 Å². The first-order valence-corrected chi connectivity index (χ1v) is 5.34. The predicted octanol–water partition coefficient (Wildman–Crippen LogP) is 1.65. The second-order valence-electron chi connectivity index (χ2n) is 4.18. The van der Waals surface area contributed by atoms with Gasteiger partial charge in [-0.25, -0.2) is 0 Å². The predicted molar refractivity (Wildman–Crippen MR) is 59.8 cm³/mol. The van der Waals surface area contributed by atoms with Crippen LogP contribution in [0.4, 0.5) is 5.69 Å². The molecule has 1 aromatic carbocycles. The highest BCUT2D eigenvalue weighted by molar-refractivity contribution is 5.71. The molecule has 0 bridgehead atoms. The maximum Gasteiger partial charge on any atom is 0.306 e. The van der Waals surface area contributed by atoms with E-state index in [1.807, 2.05) is 24.3 Å². The summed E-state index contributed by atoms with van der Waals surface area (Å²) in [6.07, 6.45) is 1.35. The molecule has 4 nitrogen and oxygen atoms in total. The van der Waals surface area contributed by atoms with Crippen molar-refractivity contribution in [3.63, 3.8) is 0 Å². The zero-order chi connectivity index (χ0) is 11.5. The Morgan fingerprint density at radius 1 is 1.38 bits per heavy atom. The van der Waals surface area contributed by atoms with Gasteiger partial charge >= 0.3 is 5.97 Å². The van der Waals surface area contributed by atoms with Crippen molar-refractivity contribution in [2.24, 2.45) is 5.92 Å². The van der Waals surface area contributed by atoms with Gasteiger partial charge in [-0.1, -0.05) is 12.1 Å². The number of carboxylic acids is 1. The van der Waals surface area contributed by atoms with Crippen LogP contribution in [0, 0.1) is 5.92 Å². The van der Waals surface area contributed by atoms with Gasteiger partial charge in [0.1, 0.15) is 0 Å². The maximum atomic E-state index is 10.6. The number of carbonyl (C=O) groups is 1. The molecular weight excluding hydrogens is 206 g/mol. The number of hydrogen-bond donors (Lipinski definition) is 2. The van der Waals surface area contributed by atoms with E-state index in [0.717, 1.165) is 11.3 Å². The molecule has 2 rings (SSSR count). The van der Waals surface area contributed by atoms with Crippen LogP contribution >= 0.6 is 0 Å². The standard InChI is InChI=1S/C12H15NO3/c13-10-3-1-8(2-4-10)7-16-11-5-9(6-11)12(14)15/h1-4,9,11H,5-7,13H2,(H,14,15)/t9-,11+. The van der Waals surface area contributed by atoms with E-state index in [1.165, 1.54) is 0 Å². The maximum absolute atomic E-state index is 10.6. The van der Waals surface area contributed by atoms with E-state index in [2.05, 4.69) is 0 Å². The van der Waals surface area contributed by atoms with Crippen LogP contribution in [0.2, 0.25) is 0 Å². The van der Waals surface area contributed by atoms with E-state index in [1.54, 1.807) is 0 Å². The lowest BCUT2D eigenvalue weighted by Crippen LogP contribution is -2.36. The van der Waals surface area contributed by atoms with Crippen LogP contribution in [0.5, 0.6) is 0 Å². The molecule has 0 amide bonds. The Kier molecular flexibility index (Phi) is 3.10. The molecule has 86 valence electrons. The van der Waals surface area contributed by atoms with Crippen LogP contribution in [0.1, 0.15) is 18.4 Å². The molecule has 0 heterocycles. The summed E-state index contributed by atoms with van der Waals surface area (Å²) in [6, 6.07) is 7.50. The molecule has 0 unspecified atom stereocenters. The van der Waals surface area contributed by atoms with Crippen molar-refractivity contribution in [3.8, 4) is 0 Å². The van der Waals surface area contributed by atoms with Gasteiger partial charge in [-0.3, -0.25) is 4.79 Å². The number of hydrogen-bond acceptors (Lipinski definition) is 3. The highest BCUT2D eigenvalue weighted by atomic mass is 16.5. The van der Waals surface area contributed by atoms with Crippen molar-refractivity contribution in [2.45, 2.75) is 25.6 Å². The van der Waals surface area contributed by atoms with Crippen LogP contribution < -0.4 is 5.73 Å². The quantitative estimate of drug-likeness (QED) is 0.758. The van der Waals surface area contributed by atoms with Gasteiger partial charge in [-0.05, 0) is 30.5 Å². The van der Waals surface area contributed by atoms with Crippen LogP contribution in [-0.4, -0.2) is 17.2 Å². The van der Waals surface area contributed by atoms with Crippen molar-refractivity contribution in [1.82, 2.24) is 0 Å². The number of rotatable bonds is 4. The van der Waals surface area contributed by atoms with Gasteiger partial charge in [-0.15, -0.1) is 0 Å². The Morgan fingerprint density at radius 3 is 2.56 bits per heavy atom. The molecule has 0 aliphatic heterocycles. The van der Waals surface area contributed by atoms with E-state index in [4.69, 9.17) is 15.6 Å². The fraction of sp³-hybridized carbons (Fsp3) is 0.417. The Balaban J connectivity index is 1.73. The molecule has 0 radical (unpaired) electrons. The normalized spacial score (nSPS) is 23.8. The number of nitrogens with two attached hydrogens (primary N) is 1. The largest absolute Gasteiger partial charge is 0.481 e. The number of ether oxygens (including phenoxy) is 1. The number of aliphatic carboxylic acids is 1. The summed E-state index contributed by atoms with van der Waals surface area (Å²) in [6.45, 7) is 0.525. The molecule has 1 fully saturated rings. The SMILES string of the molecule is Nc1ccc(CO[C@H]2C[C@@H](C(=O)O)C2)cc1. The van der Waals surface area contributed by atoms with E-state index in [0.29, 0.717) is 19.4 Å². The topological polar surface area (TPSA) is 72.5 Å². The molecule has 0 spiro atoms. The summed E-state index contributed by atoms with van der Waals surface area (Å²) in [5.74, 6) is -0.927. The minimum absolute atomic E-state index is 0.0960. The number of anilines is 1. The van der Waals surface area contributed by atoms with Crippen molar-refractivity contribution >= 4 is 11.7 Å². The van der Waals surface area contributed by atoms with Gasteiger partial charge in [0, 0.05) is 5.69 Å². The van der Waals surface area contributed by atoms with Gasteiger partial charge in [0.2, 0.25) is 0 Å². The third-order valence-corrected chi connectivity index (χ3v) is 2.91. The Hall–Kier alpha value is -1.55. The van der Waals surface area contributed by atoms with Crippen molar-refractivity contribution in [1.29, 1.82) is 0 Å². The van der Waals surface area contributed by atoms with Crippen molar-refractivity contribution < 1.29 is 14.6 Å².